The average Bonchev–Trinajstić information content (AvgIpc) is 3.11. The molecule has 0 bridgehead atoms. The fourth-order valence-corrected chi connectivity index (χ4v) is 4.01. The Morgan fingerprint density at radius 1 is 1.14 bits per heavy atom. The zero-order valence-corrected chi connectivity index (χ0v) is 16.3. The lowest BCUT2D eigenvalue weighted by atomic mass is 10.1. The molecule has 0 aliphatic rings. The average molecular weight is 425 g/mol. The predicted molar refractivity (Wildman–Crippen MR) is 99.8 cm³/mol. The van der Waals surface area contributed by atoms with Gasteiger partial charge in [-0.3, -0.25) is 0 Å². The van der Waals surface area contributed by atoms with E-state index in [0.29, 0.717) is 23.2 Å². The van der Waals surface area contributed by atoms with E-state index in [1.54, 1.807) is 42.1 Å². The van der Waals surface area contributed by atoms with Crippen molar-refractivity contribution >= 4 is 10.0 Å². The summed E-state index contributed by atoms with van der Waals surface area (Å²) in [5.74, 6) is 0.957. The van der Waals surface area contributed by atoms with Crippen LogP contribution in [0.5, 0.6) is 5.75 Å². The summed E-state index contributed by atoms with van der Waals surface area (Å²) in [6.45, 7) is 0. The first kappa shape index (κ1) is 20.9. The van der Waals surface area contributed by atoms with Gasteiger partial charge in [-0.05, 0) is 35.9 Å². The van der Waals surface area contributed by atoms with Gasteiger partial charge < -0.3 is 9.30 Å². The standard InChI is InChI=1S/C19H18F3N3O3S/c1-25-11-10-23-18(25)17(13-6-8-15(28-2)9-7-13)24-29(26,27)16-5-3-4-14(12-16)19(20,21)22/h3-12,17,24H,1-2H3. The number of rotatable bonds is 6. The quantitative estimate of drug-likeness (QED) is 0.656. The molecular weight excluding hydrogens is 407 g/mol. The lowest BCUT2D eigenvalue weighted by molar-refractivity contribution is -0.137. The zero-order valence-electron chi connectivity index (χ0n) is 15.5. The molecule has 10 heteroatoms. The minimum atomic E-state index is -4.65. The number of hydrogen-bond donors (Lipinski definition) is 1. The van der Waals surface area contributed by atoms with Crippen molar-refractivity contribution in [2.75, 3.05) is 7.11 Å². The maximum atomic E-state index is 13.0. The van der Waals surface area contributed by atoms with Crippen molar-refractivity contribution in [2.24, 2.45) is 7.05 Å². The number of halogens is 3. The summed E-state index contributed by atoms with van der Waals surface area (Å²) in [7, 11) is -1.09. The molecule has 0 fully saturated rings. The first-order valence-corrected chi connectivity index (χ1v) is 9.91. The van der Waals surface area contributed by atoms with E-state index in [-0.39, 0.29) is 0 Å². The molecule has 0 aliphatic heterocycles. The molecule has 1 aromatic heterocycles. The molecule has 154 valence electrons. The van der Waals surface area contributed by atoms with Crippen LogP contribution in [0, 0.1) is 0 Å². The Hall–Kier alpha value is -2.85. The Morgan fingerprint density at radius 2 is 1.83 bits per heavy atom. The summed E-state index contributed by atoms with van der Waals surface area (Å²) in [6, 6.07) is 9.31. The van der Waals surface area contributed by atoms with E-state index in [1.165, 1.54) is 13.3 Å². The van der Waals surface area contributed by atoms with Gasteiger partial charge in [0, 0.05) is 19.4 Å². The molecule has 1 unspecified atom stereocenters. The van der Waals surface area contributed by atoms with E-state index >= 15 is 0 Å². The van der Waals surface area contributed by atoms with Crippen LogP contribution in [0.2, 0.25) is 0 Å². The molecule has 0 spiro atoms. The number of aryl methyl sites for hydroxylation is 1. The Balaban J connectivity index is 2.02. The predicted octanol–water partition coefficient (Wildman–Crippen LogP) is 3.52. The first-order chi connectivity index (χ1) is 13.6. The highest BCUT2D eigenvalue weighted by Gasteiger charge is 2.32. The normalized spacial score (nSPS) is 13.3. The monoisotopic (exact) mass is 425 g/mol. The van der Waals surface area contributed by atoms with Crippen molar-refractivity contribution in [3.63, 3.8) is 0 Å². The molecular formula is C19H18F3N3O3S. The van der Waals surface area contributed by atoms with Crippen LogP contribution >= 0.6 is 0 Å². The molecule has 0 aliphatic carbocycles. The SMILES string of the molecule is COc1ccc(C(NS(=O)(=O)c2cccc(C(F)(F)F)c2)c2nccn2C)cc1. The summed E-state index contributed by atoms with van der Waals surface area (Å²) >= 11 is 0. The Morgan fingerprint density at radius 3 is 2.38 bits per heavy atom. The lowest BCUT2D eigenvalue weighted by Gasteiger charge is -2.20. The largest absolute Gasteiger partial charge is 0.497 e. The van der Waals surface area contributed by atoms with E-state index in [4.69, 9.17) is 4.74 Å². The van der Waals surface area contributed by atoms with Gasteiger partial charge in [0.05, 0.1) is 17.6 Å². The van der Waals surface area contributed by atoms with Gasteiger partial charge >= 0.3 is 6.18 Å². The Bertz CT molecular complexity index is 1090. The van der Waals surface area contributed by atoms with E-state index in [9.17, 15) is 21.6 Å². The molecule has 3 aromatic rings. The van der Waals surface area contributed by atoms with Gasteiger partial charge in [0.2, 0.25) is 10.0 Å². The van der Waals surface area contributed by atoms with Crippen LogP contribution in [0.4, 0.5) is 13.2 Å². The minimum absolute atomic E-state index is 0.380. The summed E-state index contributed by atoms with van der Waals surface area (Å²) in [4.78, 5) is 3.71. The lowest BCUT2D eigenvalue weighted by Crippen LogP contribution is -2.31. The highest BCUT2D eigenvalue weighted by molar-refractivity contribution is 7.89. The third kappa shape index (κ3) is 4.60. The number of imidazole rings is 1. The smallest absolute Gasteiger partial charge is 0.416 e. The van der Waals surface area contributed by atoms with Crippen molar-refractivity contribution in [1.29, 1.82) is 0 Å². The molecule has 6 nitrogen and oxygen atoms in total. The molecule has 29 heavy (non-hydrogen) atoms. The van der Waals surface area contributed by atoms with Crippen molar-refractivity contribution in [3.05, 3.63) is 77.9 Å². The molecule has 0 radical (unpaired) electrons. The molecule has 1 atom stereocenters. The third-order valence-corrected chi connectivity index (χ3v) is 5.73. The van der Waals surface area contributed by atoms with E-state index < -0.39 is 32.7 Å². The topological polar surface area (TPSA) is 73.2 Å². The van der Waals surface area contributed by atoms with Crippen LogP contribution in [0.25, 0.3) is 0 Å². The third-order valence-electron chi connectivity index (χ3n) is 4.31. The van der Waals surface area contributed by atoms with Gasteiger partial charge in [-0.25, -0.2) is 13.4 Å². The second-order valence-corrected chi connectivity index (χ2v) is 7.96. The molecule has 2 aromatic carbocycles. The highest BCUT2D eigenvalue weighted by atomic mass is 32.2. The number of ether oxygens (including phenoxy) is 1. The number of hydrogen-bond acceptors (Lipinski definition) is 4. The van der Waals surface area contributed by atoms with Crippen molar-refractivity contribution < 1.29 is 26.3 Å². The minimum Gasteiger partial charge on any atom is -0.497 e. The van der Waals surface area contributed by atoms with E-state index in [1.807, 2.05) is 0 Å². The fraction of sp³-hybridized carbons (Fsp3) is 0.211. The number of nitrogens with zero attached hydrogens (tertiary/aromatic N) is 2. The molecule has 1 heterocycles. The number of nitrogens with one attached hydrogen (secondary N) is 1. The van der Waals surface area contributed by atoms with Crippen molar-refractivity contribution in [2.45, 2.75) is 17.1 Å². The summed E-state index contributed by atoms with van der Waals surface area (Å²) in [5.41, 5.74) is -0.492. The summed E-state index contributed by atoms with van der Waals surface area (Å²) in [5, 5.41) is 0. The maximum Gasteiger partial charge on any atom is 0.416 e. The van der Waals surface area contributed by atoms with Gasteiger partial charge in [-0.1, -0.05) is 18.2 Å². The van der Waals surface area contributed by atoms with Crippen LogP contribution in [0.1, 0.15) is 23.0 Å². The Labute approximate surface area is 166 Å². The van der Waals surface area contributed by atoms with Crippen LogP contribution in [-0.4, -0.2) is 25.1 Å². The number of alkyl halides is 3. The van der Waals surface area contributed by atoms with Crippen LogP contribution in [0.3, 0.4) is 0 Å². The molecule has 0 saturated carbocycles. The molecule has 0 saturated heterocycles. The van der Waals surface area contributed by atoms with Crippen LogP contribution < -0.4 is 9.46 Å². The summed E-state index contributed by atoms with van der Waals surface area (Å²) < 4.78 is 73.9. The summed E-state index contributed by atoms with van der Waals surface area (Å²) in [6.07, 6.45) is -1.50. The molecule has 1 N–H and O–H groups in total. The number of sulfonamides is 1. The van der Waals surface area contributed by atoms with E-state index in [0.717, 1.165) is 18.2 Å². The van der Waals surface area contributed by atoms with Gasteiger partial charge in [-0.15, -0.1) is 0 Å². The number of methoxy groups -OCH3 is 1. The first-order valence-electron chi connectivity index (χ1n) is 8.42. The highest BCUT2D eigenvalue weighted by Crippen LogP contribution is 2.31. The Kier molecular flexibility index (Phi) is 5.67. The number of benzene rings is 2. The number of aromatic nitrogens is 2. The molecule has 3 rings (SSSR count). The van der Waals surface area contributed by atoms with Crippen molar-refractivity contribution in [1.82, 2.24) is 14.3 Å². The second-order valence-electron chi connectivity index (χ2n) is 6.25. The fourth-order valence-electron chi connectivity index (χ4n) is 2.78. The molecule has 0 amide bonds. The van der Waals surface area contributed by atoms with Gasteiger partial charge in [0.15, 0.2) is 0 Å². The van der Waals surface area contributed by atoms with Gasteiger partial charge in [-0.2, -0.15) is 17.9 Å². The second kappa shape index (κ2) is 7.88. The van der Waals surface area contributed by atoms with E-state index in [2.05, 4.69) is 9.71 Å². The van der Waals surface area contributed by atoms with Crippen LogP contribution in [-0.2, 0) is 23.2 Å². The zero-order chi connectivity index (χ0) is 21.2. The maximum absolute atomic E-state index is 13.0. The van der Waals surface area contributed by atoms with Gasteiger partial charge in [0.1, 0.15) is 17.6 Å². The van der Waals surface area contributed by atoms with Crippen molar-refractivity contribution in [3.8, 4) is 5.75 Å². The van der Waals surface area contributed by atoms with Crippen LogP contribution in [0.15, 0.2) is 65.8 Å². The van der Waals surface area contributed by atoms with Gasteiger partial charge in [0.25, 0.3) is 0 Å².